The van der Waals surface area contributed by atoms with Crippen LogP contribution in [0.4, 0.5) is 4.39 Å². The lowest BCUT2D eigenvalue weighted by Crippen LogP contribution is -2.03. The van der Waals surface area contributed by atoms with Gasteiger partial charge in [0.1, 0.15) is 11.9 Å². The van der Waals surface area contributed by atoms with E-state index in [1.807, 2.05) is 25.1 Å². The van der Waals surface area contributed by atoms with Gasteiger partial charge in [-0.15, -0.1) is 0 Å². The van der Waals surface area contributed by atoms with E-state index in [0.717, 1.165) is 10.0 Å². The van der Waals surface area contributed by atoms with Gasteiger partial charge in [0.15, 0.2) is 0 Å². The zero-order valence-corrected chi connectivity index (χ0v) is 12.0. The molecule has 94 valence electrons. The third kappa shape index (κ3) is 2.74. The van der Waals surface area contributed by atoms with Gasteiger partial charge in [0.05, 0.1) is 0 Å². The minimum Gasteiger partial charge on any atom is -0.384 e. The van der Waals surface area contributed by atoms with Crippen LogP contribution >= 0.6 is 27.5 Å². The molecule has 0 aliphatic carbocycles. The lowest BCUT2D eigenvalue weighted by Gasteiger charge is -2.15. The van der Waals surface area contributed by atoms with E-state index in [1.165, 1.54) is 12.1 Å². The Morgan fingerprint density at radius 1 is 1.17 bits per heavy atom. The van der Waals surface area contributed by atoms with Crippen molar-refractivity contribution < 1.29 is 9.50 Å². The average molecular weight is 330 g/mol. The molecular formula is C14H11BrClFO. The molecule has 0 bridgehead atoms. The molecule has 0 radical (unpaired) electrons. The lowest BCUT2D eigenvalue weighted by atomic mass is 9.99. The van der Waals surface area contributed by atoms with Gasteiger partial charge in [-0.05, 0) is 30.7 Å². The summed E-state index contributed by atoms with van der Waals surface area (Å²) in [5.41, 5.74) is 1.85. The molecule has 18 heavy (non-hydrogen) atoms. The van der Waals surface area contributed by atoms with Crippen LogP contribution in [-0.2, 0) is 0 Å². The van der Waals surface area contributed by atoms with Crippen LogP contribution in [0.25, 0.3) is 0 Å². The minimum absolute atomic E-state index is 0.214. The number of hydrogen-bond acceptors (Lipinski definition) is 1. The third-order valence-corrected chi connectivity index (χ3v) is 3.66. The van der Waals surface area contributed by atoms with Crippen molar-refractivity contribution in [3.8, 4) is 0 Å². The quantitative estimate of drug-likeness (QED) is 0.851. The number of aryl methyl sites for hydroxylation is 1. The molecule has 4 heteroatoms. The van der Waals surface area contributed by atoms with E-state index in [1.54, 1.807) is 6.07 Å². The van der Waals surface area contributed by atoms with Crippen molar-refractivity contribution in [3.63, 3.8) is 0 Å². The smallest absolute Gasteiger partial charge is 0.130 e. The molecule has 0 aliphatic heterocycles. The number of hydrogen-bond donors (Lipinski definition) is 1. The Bertz CT molecular complexity index is 586. The molecule has 0 spiro atoms. The molecule has 1 nitrogen and oxygen atoms in total. The minimum atomic E-state index is -1.02. The summed E-state index contributed by atoms with van der Waals surface area (Å²) in [6, 6.07) is 9.83. The summed E-state index contributed by atoms with van der Waals surface area (Å²) in [6.45, 7) is 1.92. The molecule has 0 heterocycles. The fraction of sp³-hybridized carbons (Fsp3) is 0.143. The Hall–Kier alpha value is -0.900. The first kappa shape index (κ1) is 13.5. The van der Waals surface area contributed by atoms with E-state index in [4.69, 9.17) is 11.6 Å². The number of aliphatic hydroxyl groups is 1. The first-order valence-corrected chi connectivity index (χ1v) is 6.55. The van der Waals surface area contributed by atoms with Gasteiger partial charge in [-0.1, -0.05) is 51.3 Å². The topological polar surface area (TPSA) is 20.2 Å². The Morgan fingerprint density at radius 2 is 1.89 bits per heavy atom. The molecule has 0 aliphatic rings. The fourth-order valence-electron chi connectivity index (χ4n) is 1.76. The highest BCUT2D eigenvalue weighted by Crippen LogP contribution is 2.31. The molecule has 2 aromatic carbocycles. The first-order valence-electron chi connectivity index (χ1n) is 5.38. The highest BCUT2D eigenvalue weighted by atomic mass is 79.9. The third-order valence-electron chi connectivity index (χ3n) is 2.70. The molecule has 2 rings (SSSR count). The van der Waals surface area contributed by atoms with Crippen molar-refractivity contribution >= 4 is 27.5 Å². The van der Waals surface area contributed by atoms with E-state index < -0.39 is 11.9 Å². The van der Waals surface area contributed by atoms with Crippen LogP contribution in [0.15, 0.2) is 40.9 Å². The average Bonchev–Trinajstić information content (AvgIpc) is 2.31. The van der Waals surface area contributed by atoms with Gasteiger partial charge < -0.3 is 5.11 Å². The molecule has 1 unspecified atom stereocenters. The van der Waals surface area contributed by atoms with Crippen molar-refractivity contribution in [2.24, 2.45) is 0 Å². The maximum absolute atomic E-state index is 13.8. The molecular weight excluding hydrogens is 319 g/mol. The van der Waals surface area contributed by atoms with E-state index >= 15 is 0 Å². The summed E-state index contributed by atoms with van der Waals surface area (Å²) >= 11 is 9.05. The lowest BCUT2D eigenvalue weighted by molar-refractivity contribution is 0.214. The van der Waals surface area contributed by atoms with Crippen LogP contribution in [0.3, 0.4) is 0 Å². The summed E-state index contributed by atoms with van der Waals surface area (Å²) in [5, 5.41) is 10.6. The van der Waals surface area contributed by atoms with Crippen molar-refractivity contribution in [3.05, 3.63) is 68.4 Å². The van der Waals surface area contributed by atoms with E-state index in [9.17, 15) is 9.50 Å². The second kappa shape index (κ2) is 5.39. The van der Waals surface area contributed by atoms with Crippen LogP contribution in [0.1, 0.15) is 22.8 Å². The number of halogens is 3. The maximum atomic E-state index is 13.8. The van der Waals surface area contributed by atoms with Crippen molar-refractivity contribution in [1.29, 1.82) is 0 Å². The summed E-state index contributed by atoms with van der Waals surface area (Å²) in [5.74, 6) is -0.511. The molecule has 0 fully saturated rings. The fourth-order valence-corrected chi connectivity index (χ4v) is 2.39. The van der Waals surface area contributed by atoms with Crippen LogP contribution in [0.2, 0.25) is 5.02 Å². The zero-order chi connectivity index (χ0) is 13.3. The van der Waals surface area contributed by atoms with Crippen molar-refractivity contribution in [2.75, 3.05) is 0 Å². The van der Waals surface area contributed by atoms with Crippen molar-refractivity contribution in [2.45, 2.75) is 13.0 Å². The van der Waals surface area contributed by atoms with Crippen LogP contribution in [0.5, 0.6) is 0 Å². The first-order chi connectivity index (χ1) is 8.49. The normalized spacial score (nSPS) is 12.5. The predicted molar refractivity (Wildman–Crippen MR) is 74.4 cm³/mol. The molecule has 0 saturated carbocycles. The Balaban J connectivity index is 2.47. The molecule has 0 saturated heterocycles. The SMILES string of the molecule is Cc1ccc(Br)c(C(O)c2ccc(Cl)cc2F)c1. The van der Waals surface area contributed by atoms with Crippen LogP contribution in [-0.4, -0.2) is 5.11 Å². The standard InChI is InChI=1S/C14H11BrClFO/c1-8-2-5-12(15)11(6-8)14(18)10-4-3-9(16)7-13(10)17/h2-7,14,18H,1H3. The van der Waals surface area contributed by atoms with E-state index in [0.29, 0.717) is 10.6 Å². The summed E-state index contributed by atoms with van der Waals surface area (Å²) in [6.07, 6.45) is -1.02. The van der Waals surface area contributed by atoms with E-state index in [-0.39, 0.29) is 5.56 Å². The summed E-state index contributed by atoms with van der Waals surface area (Å²) in [4.78, 5) is 0. The molecule has 1 atom stereocenters. The number of rotatable bonds is 2. The van der Waals surface area contributed by atoms with Gasteiger partial charge in [0.2, 0.25) is 0 Å². The van der Waals surface area contributed by atoms with Gasteiger partial charge in [-0.3, -0.25) is 0 Å². The highest BCUT2D eigenvalue weighted by Gasteiger charge is 2.17. The van der Waals surface area contributed by atoms with Crippen molar-refractivity contribution in [1.82, 2.24) is 0 Å². The monoisotopic (exact) mass is 328 g/mol. The zero-order valence-electron chi connectivity index (χ0n) is 9.62. The summed E-state index contributed by atoms with van der Waals surface area (Å²) in [7, 11) is 0. The maximum Gasteiger partial charge on any atom is 0.130 e. The predicted octanol–water partition coefficient (Wildman–Crippen LogP) is 4.63. The highest BCUT2D eigenvalue weighted by molar-refractivity contribution is 9.10. The molecule has 1 N–H and O–H groups in total. The number of benzene rings is 2. The Morgan fingerprint density at radius 3 is 2.56 bits per heavy atom. The molecule has 0 aromatic heterocycles. The second-order valence-electron chi connectivity index (χ2n) is 4.09. The second-order valence-corrected chi connectivity index (χ2v) is 5.38. The number of aliphatic hydroxyl groups excluding tert-OH is 1. The summed E-state index contributed by atoms with van der Waals surface area (Å²) < 4.78 is 14.5. The van der Waals surface area contributed by atoms with Gasteiger partial charge in [-0.25, -0.2) is 4.39 Å². The van der Waals surface area contributed by atoms with Crippen LogP contribution < -0.4 is 0 Å². The Kier molecular flexibility index (Phi) is 4.05. The molecule has 2 aromatic rings. The largest absolute Gasteiger partial charge is 0.384 e. The van der Waals surface area contributed by atoms with Gasteiger partial charge in [0.25, 0.3) is 0 Å². The van der Waals surface area contributed by atoms with Gasteiger partial charge in [-0.2, -0.15) is 0 Å². The van der Waals surface area contributed by atoms with Gasteiger partial charge in [0, 0.05) is 15.1 Å². The molecule has 0 amide bonds. The van der Waals surface area contributed by atoms with E-state index in [2.05, 4.69) is 15.9 Å². The Labute approximate surface area is 118 Å². The van der Waals surface area contributed by atoms with Crippen LogP contribution in [0, 0.1) is 12.7 Å². The van der Waals surface area contributed by atoms with Gasteiger partial charge >= 0.3 is 0 Å².